The molecule has 20 heavy (non-hydrogen) atoms. The average molecular weight is 281 g/mol. The molecule has 4 nitrogen and oxygen atoms in total. The zero-order valence-corrected chi connectivity index (χ0v) is 13.2. The van der Waals surface area contributed by atoms with E-state index in [1.807, 2.05) is 0 Å². The largest absolute Gasteiger partial charge is 0.341 e. The van der Waals surface area contributed by atoms with Gasteiger partial charge in [-0.05, 0) is 58.7 Å². The van der Waals surface area contributed by atoms with E-state index < -0.39 is 0 Å². The number of likely N-dealkylation sites (N-methyl/N-ethyl adjacent to an activating group) is 1. The zero-order valence-electron chi connectivity index (χ0n) is 13.2. The Labute approximate surface area is 123 Å². The SMILES string of the molecule is CN(C)C1CCCN(C(=O)C2CCCC(CCN)C2)C1. The van der Waals surface area contributed by atoms with Crippen LogP contribution in [0.1, 0.15) is 44.9 Å². The Balaban J connectivity index is 1.89. The average Bonchev–Trinajstić information content (AvgIpc) is 2.47. The highest BCUT2D eigenvalue weighted by atomic mass is 16.2. The quantitative estimate of drug-likeness (QED) is 0.853. The van der Waals surface area contributed by atoms with Gasteiger partial charge in [0.2, 0.25) is 5.91 Å². The molecule has 1 aliphatic heterocycles. The highest BCUT2D eigenvalue weighted by Gasteiger charge is 2.32. The van der Waals surface area contributed by atoms with Gasteiger partial charge < -0.3 is 15.5 Å². The minimum Gasteiger partial charge on any atom is -0.341 e. The molecule has 1 saturated heterocycles. The summed E-state index contributed by atoms with van der Waals surface area (Å²) < 4.78 is 0. The van der Waals surface area contributed by atoms with Gasteiger partial charge in [-0.2, -0.15) is 0 Å². The first-order chi connectivity index (χ1) is 9.61. The Morgan fingerprint density at radius 1 is 1.25 bits per heavy atom. The summed E-state index contributed by atoms with van der Waals surface area (Å²) >= 11 is 0. The molecular formula is C16H31N3O. The van der Waals surface area contributed by atoms with Crippen molar-refractivity contribution in [2.45, 2.75) is 51.0 Å². The number of amides is 1. The smallest absolute Gasteiger partial charge is 0.225 e. The maximum Gasteiger partial charge on any atom is 0.225 e. The van der Waals surface area contributed by atoms with E-state index in [4.69, 9.17) is 5.73 Å². The van der Waals surface area contributed by atoms with Gasteiger partial charge in [0, 0.05) is 25.0 Å². The Kier molecular flexibility index (Phi) is 5.85. The van der Waals surface area contributed by atoms with Gasteiger partial charge in [-0.3, -0.25) is 4.79 Å². The summed E-state index contributed by atoms with van der Waals surface area (Å²) in [7, 11) is 4.24. The Bertz CT molecular complexity index is 317. The summed E-state index contributed by atoms with van der Waals surface area (Å²) in [6.07, 6.45) is 8.07. The first kappa shape index (κ1) is 15.8. The summed E-state index contributed by atoms with van der Waals surface area (Å²) in [4.78, 5) is 17.1. The van der Waals surface area contributed by atoms with Crippen LogP contribution >= 0.6 is 0 Å². The second kappa shape index (κ2) is 7.41. The lowest BCUT2D eigenvalue weighted by molar-refractivity contribution is -0.139. The van der Waals surface area contributed by atoms with E-state index in [1.54, 1.807) is 0 Å². The molecule has 2 rings (SSSR count). The second-order valence-corrected chi connectivity index (χ2v) is 6.85. The fraction of sp³-hybridized carbons (Fsp3) is 0.938. The first-order valence-electron chi connectivity index (χ1n) is 8.27. The lowest BCUT2D eigenvalue weighted by atomic mass is 9.79. The molecule has 0 aromatic rings. The molecule has 2 fully saturated rings. The van der Waals surface area contributed by atoms with Gasteiger partial charge in [-0.25, -0.2) is 0 Å². The van der Waals surface area contributed by atoms with Gasteiger partial charge in [0.05, 0.1) is 0 Å². The third-order valence-corrected chi connectivity index (χ3v) is 5.15. The minimum absolute atomic E-state index is 0.265. The monoisotopic (exact) mass is 281 g/mol. The van der Waals surface area contributed by atoms with E-state index in [9.17, 15) is 4.79 Å². The lowest BCUT2D eigenvalue weighted by Gasteiger charge is -2.39. The minimum atomic E-state index is 0.265. The van der Waals surface area contributed by atoms with Crippen LogP contribution in [0, 0.1) is 11.8 Å². The van der Waals surface area contributed by atoms with E-state index in [1.165, 1.54) is 19.3 Å². The van der Waals surface area contributed by atoms with Crippen LogP contribution in [0.15, 0.2) is 0 Å². The van der Waals surface area contributed by atoms with Crippen molar-refractivity contribution in [2.24, 2.45) is 17.6 Å². The van der Waals surface area contributed by atoms with Crippen molar-refractivity contribution in [2.75, 3.05) is 33.7 Å². The molecule has 1 amide bonds. The molecule has 3 unspecified atom stereocenters. The molecule has 1 saturated carbocycles. The molecular weight excluding hydrogens is 250 g/mol. The fourth-order valence-electron chi connectivity index (χ4n) is 3.85. The third-order valence-electron chi connectivity index (χ3n) is 5.15. The van der Waals surface area contributed by atoms with E-state index in [0.29, 0.717) is 17.9 Å². The number of hydrogen-bond donors (Lipinski definition) is 1. The van der Waals surface area contributed by atoms with Crippen molar-refractivity contribution in [1.29, 1.82) is 0 Å². The molecule has 0 aromatic heterocycles. The van der Waals surface area contributed by atoms with Crippen molar-refractivity contribution >= 4 is 5.91 Å². The highest BCUT2D eigenvalue weighted by molar-refractivity contribution is 5.79. The van der Waals surface area contributed by atoms with Crippen LogP contribution in [0.3, 0.4) is 0 Å². The van der Waals surface area contributed by atoms with Gasteiger partial charge in [0.25, 0.3) is 0 Å². The summed E-state index contributed by atoms with van der Waals surface area (Å²) in [6, 6.07) is 0.538. The molecule has 2 N–H and O–H groups in total. The van der Waals surface area contributed by atoms with E-state index >= 15 is 0 Å². The molecule has 0 bridgehead atoms. The molecule has 1 aliphatic carbocycles. The van der Waals surface area contributed by atoms with Crippen LogP contribution in [0.4, 0.5) is 0 Å². The van der Waals surface area contributed by atoms with Crippen LogP contribution in [0.5, 0.6) is 0 Å². The van der Waals surface area contributed by atoms with Crippen LogP contribution in [-0.2, 0) is 4.79 Å². The number of nitrogens with two attached hydrogens (primary N) is 1. The van der Waals surface area contributed by atoms with Gasteiger partial charge >= 0.3 is 0 Å². The van der Waals surface area contributed by atoms with Crippen molar-refractivity contribution in [3.8, 4) is 0 Å². The lowest BCUT2D eigenvalue weighted by Crippen LogP contribution is -2.49. The Morgan fingerprint density at radius 3 is 2.75 bits per heavy atom. The fourth-order valence-corrected chi connectivity index (χ4v) is 3.85. The second-order valence-electron chi connectivity index (χ2n) is 6.85. The third kappa shape index (κ3) is 3.95. The zero-order chi connectivity index (χ0) is 14.5. The van der Waals surface area contributed by atoms with Gasteiger partial charge in [-0.1, -0.05) is 12.8 Å². The van der Waals surface area contributed by atoms with Gasteiger partial charge in [0.1, 0.15) is 0 Å². The summed E-state index contributed by atoms with van der Waals surface area (Å²) in [5.41, 5.74) is 5.67. The molecule has 1 heterocycles. The van der Waals surface area contributed by atoms with E-state index in [-0.39, 0.29) is 5.92 Å². The molecule has 0 radical (unpaired) electrons. The summed E-state index contributed by atoms with van der Waals surface area (Å²) in [6.45, 7) is 2.64. The molecule has 0 spiro atoms. The van der Waals surface area contributed by atoms with Crippen molar-refractivity contribution in [3.63, 3.8) is 0 Å². The highest BCUT2D eigenvalue weighted by Crippen LogP contribution is 2.32. The van der Waals surface area contributed by atoms with Crippen molar-refractivity contribution in [3.05, 3.63) is 0 Å². The summed E-state index contributed by atoms with van der Waals surface area (Å²) in [5, 5.41) is 0. The number of carbonyl (C=O) groups is 1. The number of carbonyl (C=O) groups excluding carboxylic acids is 1. The maximum atomic E-state index is 12.7. The van der Waals surface area contributed by atoms with Crippen molar-refractivity contribution in [1.82, 2.24) is 9.80 Å². The maximum absolute atomic E-state index is 12.7. The van der Waals surface area contributed by atoms with Crippen LogP contribution < -0.4 is 5.73 Å². The Morgan fingerprint density at radius 2 is 2.05 bits per heavy atom. The predicted octanol–water partition coefficient (Wildman–Crippen LogP) is 1.69. The number of likely N-dealkylation sites (tertiary alicyclic amines) is 1. The van der Waals surface area contributed by atoms with Crippen molar-refractivity contribution < 1.29 is 4.79 Å². The number of hydrogen-bond acceptors (Lipinski definition) is 3. The number of rotatable bonds is 4. The summed E-state index contributed by atoms with van der Waals surface area (Å²) in [5.74, 6) is 1.36. The molecule has 0 aromatic carbocycles. The number of piperidine rings is 1. The standard InChI is InChI=1S/C16H31N3O/c1-18(2)15-7-4-10-19(12-15)16(20)14-6-3-5-13(11-14)8-9-17/h13-15H,3-12,17H2,1-2H3. The predicted molar refractivity (Wildman–Crippen MR) is 82.4 cm³/mol. The first-order valence-corrected chi connectivity index (χ1v) is 8.27. The van der Waals surface area contributed by atoms with E-state index in [2.05, 4.69) is 23.9 Å². The molecule has 4 heteroatoms. The topological polar surface area (TPSA) is 49.6 Å². The molecule has 3 atom stereocenters. The number of nitrogens with zero attached hydrogens (tertiary/aromatic N) is 2. The molecule has 2 aliphatic rings. The van der Waals surface area contributed by atoms with Gasteiger partial charge in [-0.15, -0.1) is 0 Å². The normalized spacial score (nSPS) is 31.6. The van der Waals surface area contributed by atoms with Crippen LogP contribution in [0.2, 0.25) is 0 Å². The Hall–Kier alpha value is -0.610. The molecule has 116 valence electrons. The van der Waals surface area contributed by atoms with Crippen LogP contribution in [0.25, 0.3) is 0 Å². The van der Waals surface area contributed by atoms with E-state index in [0.717, 1.165) is 45.3 Å². The van der Waals surface area contributed by atoms with Crippen LogP contribution in [-0.4, -0.2) is 55.5 Å². The van der Waals surface area contributed by atoms with Gasteiger partial charge in [0.15, 0.2) is 0 Å².